The van der Waals surface area contributed by atoms with Gasteiger partial charge in [-0.1, -0.05) is 22.5 Å². The van der Waals surface area contributed by atoms with E-state index >= 15 is 0 Å². The number of methoxy groups -OCH3 is 1. The number of hydrogen-bond acceptors (Lipinski definition) is 3. The summed E-state index contributed by atoms with van der Waals surface area (Å²) < 4.78 is 11.1. The first-order valence-electron chi connectivity index (χ1n) is 4.26. The lowest BCUT2D eigenvalue weighted by molar-refractivity contribution is 0.111. The lowest BCUT2D eigenvalue weighted by Gasteiger charge is -2.08. The van der Waals surface area contributed by atoms with Gasteiger partial charge in [0.25, 0.3) is 0 Å². The van der Waals surface area contributed by atoms with E-state index in [9.17, 15) is 4.79 Å². The Morgan fingerprint density at radius 1 is 1.60 bits per heavy atom. The van der Waals surface area contributed by atoms with E-state index < -0.39 is 0 Å². The van der Waals surface area contributed by atoms with Gasteiger partial charge in [-0.25, -0.2) is 0 Å². The van der Waals surface area contributed by atoms with Gasteiger partial charge in [-0.3, -0.25) is 4.79 Å². The first kappa shape index (κ1) is 11.8. The van der Waals surface area contributed by atoms with Gasteiger partial charge in [-0.2, -0.15) is 0 Å². The van der Waals surface area contributed by atoms with Gasteiger partial charge in [0.15, 0.2) is 6.29 Å². The summed E-state index contributed by atoms with van der Waals surface area (Å²) in [4.78, 5) is 10.8. The van der Waals surface area contributed by atoms with Gasteiger partial charge in [0.2, 0.25) is 0 Å². The van der Waals surface area contributed by atoms with E-state index in [1.807, 2.05) is 0 Å². The second kappa shape index (κ2) is 5.56. The molecule has 0 N–H and O–H groups in total. The minimum Gasteiger partial charge on any atom is -0.497 e. The van der Waals surface area contributed by atoms with Crippen LogP contribution in [0.4, 0.5) is 0 Å². The Morgan fingerprint density at radius 3 is 2.87 bits per heavy atom. The van der Waals surface area contributed by atoms with Crippen LogP contribution in [-0.4, -0.2) is 20.0 Å². The maximum Gasteiger partial charge on any atom is 0.153 e. The maximum absolute atomic E-state index is 10.8. The molecule has 15 heavy (non-hydrogen) atoms. The van der Waals surface area contributed by atoms with Crippen LogP contribution in [0.5, 0.6) is 11.5 Å². The molecule has 80 valence electrons. The van der Waals surface area contributed by atoms with Crippen molar-refractivity contribution in [3.63, 3.8) is 0 Å². The molecule has 1 aromatic rings. The number of hydrogen-bond donors (Lipinski definition) is 0. The number of benzene rings is 1. The summed E-state index contributed by atoms with van der Waals surface area (Å²) >= 11 is 3.17. The lowest BCUT2D eigenvalue weighted by Crippen LogP contribution is -1.99. The Kier molecular flexibility index (Phi) is 4.37. The standard InChI is InChI=1S/C11H11BrO3/c1-8(12)7-15-11-4-3-10(14-2)5-9(11)6-13/h3-6H,1,7H2,2H3. The van der Waals surface area contributed by atoms with Crippen LogP contribution in [0.1, 0.15) is 10.4 Å². The second-order valence-corrected chi connectivity index (χ2v) is 3.95. The molecule has 3 nitrogen and oxygen atoms in total. The molecule has 0 spiro atoms. The van der Waals surface area contributed by atoms with Crippen LogP contribution in [0, 0.1) is 0 Å². The van der Waals surface area contributed by atoms with Gasteiger partial charge in [0.05, 0.1) is 12.7 Å². The molecule has 0 aromatic heterocycles. The summed E-state index contributed by atoms with van der Waals surface area (Å²) in [5, 5.41) is 0. The largest absolute Gasteiger partial charge is 0.497 e. The third-order valence-corrected chi connectivity index (χ3v) is 1.96. The number of carbonyl (C=O) groups is 1. The molecule has 4 heteroatoms. The van der Waals surface area contributed by atoms with Crippen LogP contribution in [0.15, 0.2) is 29.3 Å². The molecule has 0 amide bonds. The average Bonchev–Trinajstić information content (AvgIpc) is 2.25. The van der Waals surface area contributed by atoms with Crippen LogP contribution in [-0.2, 0) is 0 Å². The highest BCUT2D eigenvalue weighted by Gasteiger charge is 2.04. The topological polar surface area (TPSA) is 35.5 Å². The lowest BCUT2D eigenvalue weighted by atomic mass is 10.2. The molecule has 0 saturated carbocycles. The van der Waals surface area contributed by atoms with E-state index in [2.05, 4.69) is 22.5 Å². The molecular formula is C11H11BrO3. The van der Waals surface area contributed by atoms with Gasteiger partial charge in [-0.05, 0) is 18.2 Å². The van der Waals surface area contributed by atoms with Gasteiger partial charge >= 0.3 is 0 Å². The van der Waals surface area contributed by atoms with Crippen LogP contribution < -0.4 is 9.47 Å². The maximum atomic E-state index is 10.8. The second-order valence-electron chi connectivity index (χ2n) is 2.83. The Hall–Kier alpha value is -1.29. The molecule has 0 saturated heterocycles. The Morgan fingerprint density at radius 2 is 2.33 bits per heavy atom. The molecule has 0 unspecified atom stereocenters. The first-order valence-corrected chi connectivity index (χ1v) is 5.06. The van der Waals surface area contributed by atoms with Crippen LogP contribution >= 0.6 is 15.9 Å². The molecule has 0 aliphatic heterocycles. The monoisotopic (exact) mass is 270 g/mol. The molecule has 0 fully saturated rings. The summed E-state index contributed by atoms with van der Waals surface area (Å²) in [7, 11) is 1.55. The summed E-state index contributed by atoms with van der Waals surface area (Å²) in [5.41, 5.74) is 0.461. The average molecular weight is 271 g/mol. The molecular weight excluding hydrogens is 260 g/mol. The van der Waals surface area contributed by atoms with Gasteiger partial charge in [0.1, 0.15) is 18.1 Å². The molecule has 1 rings (SSSR count). The van der Waals surface area contributed by atoms with Crippen molar-refractivity contribution in [3.05, 3.63) is 34.8 Å². The molecule has 0 bridgehead atoms. The third kappa shape index (κ3) is 3.40. The quantitative estimate of drug-likeness (QED) is 0.772. The van der Waals surface area contributed by atoms with E-state index in [-0.39, 0.29) is 0 Å². The normalized spacial score (nSPS) is 9.47. The Labute approximate surface area is 96.8 Å². The van der Waals surface area contributed by atoms with Crippen molar-refractivity contribution >= 4 is 22.2 Å². The summed E-state index contributed by atoms with van der Waals surface area (Å²) in [6, 6.07) is 5.05. The van der Waals surface area contributed by atoms with E-state index in [0.29, 0.717) is 23.7 Å². The summed E-state index contributed by atoms with van der Waals surface area (Å²) in [6.07, 6.45) is 0.731. The number of rotatable bonds is 5. The number of ether oxygens (including phenoxy) is 2. The van der Waals surface area contributed by atoms with E-state index in [4.69, 9.17) is 9.47 Å². The van der Waals surface area contributed by atoms with Gasteiger partial charge in [0, 0.05) is 4.48 Å². The van der Waals surface area contributed by atoms with Crippen molar-refractivity contribution in [3.8, 4) is 11.5 Å². The number of carbonyl (C=O) groups excluding carboxylic acids is 1. The SMILES string of the molecule is C=C(Br)COc1ccc(OC)cc1C=O. The van der Waals surface area contributed by atoms with Crippen molar-refractivity contribution in [2.45, 2.75) is 0 Å². The number of halogens is 1. The van der Waals surface area contributed by atoms with Gasteiger partial charge in [-0.15, -0.1) is 0 Å². The predicted octanol–water partition coefficient (Wildman–Crippen LogP) is 2.80. The number of aldehydes is 1. The molecule has 0 aliphatic rings. The zero-order valence-electron chi connectivity index (χ0n) is 8.33. The van der Waals surface area contributed by atoms with Gasteiger partial charge < -0.3 is 9.47 Å². The molecule has 0 radical (unpaired) electrons. The zero-order valence-corrected chi connectivity index (χ0v) is 9.91. The first-order chi connectivity index (χ1) is 7.17. The molecule has 1 aromatic carbocycles. The predicted molar refractivity (Wildman–Crippen MR) is 61.9 cm³/mol. The van der Waals surface area contributed by atoms with E-state index in [0.717, 1.165) is 10.8 Å². The van der Waals surface area contributed by atoms with Crippen LogP contribution in [0.2, 0.25) is 0 Å². The fourth-order valence-corrected chi connectivity index (χ4v) is 1.15. The fraction of sp³-hybridized carbons (Fsp3) is 0.182. The summed E-state index contributed by atoms with van der Waals surface area (Å²) in [6.45, 7) is 3.96. The molecule has 0 aliphatic carbocycles. The fourth-order valence-electron chi connectivity index (χ4n) is 1.03. The van der Waals surface area contributed by atoms with Crippen molar-refractivity contribution in [1.29, 1.82) is 0 Å². The molecule has 0 atom stereocenters. The minimum atomic E-state index is 0.327. The Balaban J connectivity index is 2.87. The van der Waals surface area contributed by atoms with E-state index in [1.165, 1.54) is 0 Å². The van der Waals surface area contributed by atoms with Crippen molar-refractivity contribution < 1.29 is 14.3 Å². The zero-order chi connectivity index (χ0) is 11.3. The third-order valence-electron chi connectivity index (χ3n) is 1.73. The Bertz CT molecular complexity index is 374. The smallest absolute Gasteiger partial charge is 0.153 e. The van der Waals surface area contributed by atoms with Crippen molar-refractivity contribution in [2.75, 3.05) is 13.7 Å². The highest BCUT2D eigenvalue weighted by molar-refractivity contribution is 9.11. The van der Waals surface area contributed by atoms with Crippen molar-refractivity contribution in [1.82, 2.24) is 0 Å². The molecule has 0 heterocycles. The van der Waals surface area contributed by atoms with E-state index in [1.54, 1.807) is 25.3 Å². The minimum absolute atomic E-state index is 0.327. The highest BCUT2D eigenvalue weighted by Crippen LogP contribution is 2.23. The highest BCUT2D eigenvalue weighted by atomic mass is 79.9. The van der Waals surface area contributed by atoms with Crippen LogP contribution in [0.25, 0.3) is 0 Å². The van der Waals surface area contributed by atoms with Crippen molar-refractivity contribution in [2.24, 2.45) is 0 Å². The van der Waals surface area contributed by atoms with Crippen LogP contribution in [0.3, 0.4) is 0 Å². The summed E-state index contributed by atoms with van der Waals surface area (Å²) in [5.74, 6) is 1.15.